The van der Waals surface area contributed by atoms with E-state index in [1.807, 2.05) is 29.2 Å². The van der Waals surface area contributed by atoms with Gasteiger partial charge in [0, 0.05) is 36.7 Å². The van der Waals surface area contributed by atoms with E-state index >= 15 is 0 Å². The van der Waals surface area contributed by atoms with Gasteiger partial charge in [-0.3, -0.25) is 4.79 Å². The summed E-state index contributed by atoms with van der Waals surface area (Å²) in [5.41, 5.74) is 1.53. The van der Waals surface area contributed by atoms with Crippen LogP contribution in [0.3, 0.4) is 0 Å². The maximum Gasteiger partial charge on any atom is 0.253 e. The second-order valence-corrected chi connectivity index (χ2v) is 6.89. The number of benzene rings is 1. The number of hydrogen-bond donors (Lipinski definition) is 0. The van der Waals surface area contributed by atoms with Gasteiger partial charge in [-0.2, -0.15) is 4.98 Å². The molecule has 1 amide bonds. The molecule has 6 nitrogen and oxygen atoms in total. The third kappa shape index (κ3) is 3.58. The van der Waals surface area contributed by atoms with Gasteiger partial charge in [-0.05, 0) is 44.5 Å². The molecule has 0 N–H and O–H groups in total. The molecule has 2 heterocycles. The highest BCUT2D eigenvalue weighted by Crippen LogP contribution is 2.39. The topological polar surface area (TPSA) is 62.5 Å². The van der Waals surface area contributed by atoms with E-state index in [4.69, 9.17) is 4.52 Å². The summed E-state index contributed by atoms with van der Waals surface area (Å²) < 4.78 is 5.34. The van der Waals surface area contributed by atoms with Gasteiger partial charge in [-0.1, -0.05) is 24.2 Å². The third-order valence-corrected chi connectivity index (χ3v) is 5.06. The van der Waals surface area contributed by atoms with Crippen molar-refractivity contribution in [2.75, 3.05) is 32.7 Å². The monoisotopic (exact) mass is 340 g/mol. The molecule has 0 unspecified atom stereocenters. The van der Waals surface area contributed by atoms with Crippen molar-refractivity contribution in [2.45, 2.75) is 32.1 Å². The number of hydrogen-bond acceptors (Lipinski definition) is 5. The van der Waals surface area contributed by atoms with Crippen molar-refractivity contribution in [2.24, 2.45) is 0 Å². The Bertz CT molecular complexity index is 753. The quantitative estimate of drug-likeness (QED) is 0.856. The van der Waals surface area contributed by atoms with Crippen molar-refractivity contribution < 1.29 is 9.32 Å². The number of carbonyl (C=O) groups excluding carboxylic acids is 1. The van der Waals surface area contributed by atoms with Gasteiger partial charge in [-0.25, -0.2) is 0 Å². The summed E-state index contributed by atoms with van der Waals surface area (Å²) in [6.07, 6.45) is 3.28. The summed E-state index contributed by atoms with van der Waals surface area (Å²) in [5.74, 6) is 1.82. The van der Waals surface area contributed by atoms with Crippen LogP contribution in [0.5, 0.6) is 0 Å². The molecule has 1 aliphatic heterocycles. The number of carbonyl (C=O) groups is 1. The van der Waals surface area contributed by atoms with Crippen LogP contribution >= 0.6 is 0 Å². The minimum atomic E-state index is 0.0886. The van der Waals surface area contributed by atoms with Crippen molar-refractivity contribution in [3.8, 4) is 11.4 Å². The zero-order valence-electron chi connectivity index (χ0n) is 14.6. The van der Waals surface area contributed by atoms with Crippen LogP contribution in [0.25, 0.3) is 11.4 Å². The lowest BCUT2D eigenvalue weighted by atomic mass is 10.1. The van der Waals surface area contributed by atoms with E-state index in [2.05, 4.69) is 22.0 Å². The minimum absolute atomic E-state index is 0.0886. The van der Waals surface area contributed by atoms with Crippen molar-refractivity contribution >= 4 is 5.91 Å². The zero-order valence-corrected chi connectivity index (χ0v) is 14.6. The molecule has 1 aromatic carbocycles. The maximum atomic E-state index is 12.9. The van der Waals surface area contributed by atoms with E-state index in [-0.39, 0.29) is 5.91 Å². The molecular weight excluding hydrogens is 316 g/mol. The Morgan fingerprint density at radius 3 is 2.92 bits per heavy atom. The van der Waals surface area contributed by atoms with Crippen molar-refractivity contribution in [1.82, 2.24) is 19.9 Å². The van der Waals surface area contributed by atoms with Crippen molar-refractivity contribution in [3.05, 3.63) is 35.7 Å². The van der Waals surface area contributed by atoms with Gasteiger partial charge in [0.1, 0.15) is 0 Å². The highest BCUT2D eigenvalue weighted by Gasteiger charge is 2.30. The Morgan fingerprint density at radius 2 is 2.12 bits per heavy atom. The van der Waals surface area contributed by atoms with E-state index < -0.39 is 0 Å². The first kappa shape index (κ1) is 16.3. The summed E-state index contributed by atoms with van der Waals surface area (Å²) in [6.45, 7) is 6.81. The second kappa shape index (κ2) is 6.96. The fourth-order valence-corrected chi connectivity index (χ4v) is 3.31. The molecule has 1 aromatic heterocycles. The second-order valence-electron chi connectivity index (χ2n) is 6.89. The average Bonchev–Trinajstić information content (AvgIpc) is 3.43. The molecule has 0 atom stereocenters. The molecule has 2 fully saturated rings. The van der Waals surface area contributed by atoms with E-state index in [0.717, 1.165) is 63.4 Å². The van der Waals surface area contributed by atoms with Gasteiger partial charge >= 0.3 is 0 Å². The Hall–Kier alpha value is -2.21. The lowest BCUT2D eigenvalue weighted by molar-refractivity contribution is 0.0762. The Morgan fingerprint density at radius 1 is 1.24 bits per heavy atom. The molecule has 1 saturated carbocycles. The van der Waals surface area contributed by atoms with Gasteiger partial charge in [0.2, 0.25) is 11.7 Å². The Labute approximate surface area is 147 Å². The summed E-state index contributed by atoms with van der Waals surface area (Å²) in [7, 11) is 0. The van der Waals surface area contributed by atoms with Gasteiger partial charge in [0.15, 0.2) is 0 Å². The first-order chi connectivity index (χ1) is 12.2. The van der Waals surface area contributed by atoms with Crippen LogP contribution in [0.2, 0.25) is 0 Å². The Kier molecular flexibility index (Phi) is 4.53. The molecule has 0 spiro atoms. The Balaban J connectivity index is 1.50. The molecule has 0 bridgehead atoms. The van der Waals surface area contributed by atoms with Gasteiger partial charge in [0.25, 0.3) is 5.91 Å². The van der Waals surface area contributed by atoms with Crippen LogP contribution in [-0.4, -0.2) is 58.6 Å². The average molecular weight is 340 g/mol. The van der Waals surface area contributed by atoms with Crippen LogP contribution in [0, 0.1) is 0 Å². The first-order valence-corrected chi connectivity index (χ1v) is 9.20. The zero-order chi connectivity index (χ0) is 17.2. The predicted molar refractivity (Wildman–Crippen MR) is 94.3 cm³/mol. The molecule has 25 heavy (non-hydrogen) atoms. The fourth-order valence-electron chi connectivity index (χ4n) is 3.31. The van der Waals surface area contributed by atoms with Crippen LogP contribution in [0.1, 0.15) is 48.4 Å². The standard InChI is InChI=1S/C19H24N4O2/c1-2-22-9-4-10-23(12-11-22)19(24)16-6-3-5-15(13-16)17-20-18(25-21-17)14-7-8-14/h3,5-6,13-14H,2,4,7-12H2,1H3. The SMILES string of the molecule is CCN1CCCN(C(=O)c2cccc(-c3noc(C4CC4)n3)c2)CC1. The molecule has 1 saturated heterocycles. The lowest BCUT2D eigenvalue weighted by Gasteiger charge is -2.21. The first-order valence-electron chi connectivity index (χ1n) is 9.20. The van der Waals surface area contributed by atoms with E-state index in [1.165, 1.54) is 0 Å². The summed E-state index contributed by atoms with van der Waals surface area (Å²) in [5, 5.41) is 4.08. The summed E-state index contributed by atoms with van der Waals surface area (Å²) in [4.78, 5) is 21.7. The van der Waals surface area contributed by atoms with Gasteiger partial charge < -0.3 is 14.3 Å². The normalized spacial score (nSPS) is 19.0. The third-order valence-electron chi connectivity index (χ3n) is 5.06. The number of likely N-dealkylation sites (N-methyl/N-ethyl adjacent to an activating group) is 1. The van der Waals surface area contributed by atoms with Crippen molar-refractivity contribution in [3.63, 3.8) is 0 Å². The van der Waals surface area contributed by atoms with Gasteiger partial charge in [-0.15, -0.1) is 0 Å². The van der Waals surface area contributed by atoms with E-state index in [9.17, 15) is 4.79 Å². The number of nitrogens with zero attached hydrogens (tertiary/aromatic N) is 4. The fraction of sp³-hybridized carbons (Fsp3) is 0.526. The lowest BCUT2D eigenvalue weighted by Crippen LogP contribution is -2.35. The highest BCUT2D eigenvalue weighted by atomic mass is 16.5. The molecule has 0 radical (unpaired) electrons. The van der Waals surface area contributed by atoms with Crippen molar-refractivity contribution in [1.29, 1.82) is 0 Å². The molecule has 2 aliphatic rings. The minimum Gasteiger partial charge on any atom is -0.339 e. The van der Waals surface area contributed by atoms with Crippen LogP contribution < -0.4 is 0 Å². The van der Waals surface area contributed by atoms with Crippen LogP contribution in [-0.2, 0) is 0 Å². The largest absolute Gasteiger partial charge is 0.339 e. The summed E-state index contributed by atoms with van der Waals surface area (Å²) in [6, 6.07) is 7.58. The van der Waals surface area contributed by atoms with Crippen LogP contribution in [0.15, 0.2) is 28.8 Å². The van der Waals surface area contributed by atoms with Crippen LogP contribution in [0.4, 0.5) is 0 Å². The molecular formula is C19H24N4O2. The molecule has 6 heteroatoms. The van der Waals surface area contributed by atoms with Gasteiger partial charge in [0.05, 0.1) is 0 Å². The van der Waals surface area contributed by atoms with E-state index in [0.29, 0.717) is 17.3 Å². The molecule has 4 rings (SSSR count). The number of aromatic nitrogens is 2. The van der Waals surface area contributed by atoms with E-state index in [1.54, 1.807) is 0 Å². The summed E-state index contributed by atoms with van der Waals surface area (Å²) >= 11 is 0. The molecule has 132 valence electrons. The number of amides is 1. The number of rotatable bonds is 4. The smallest absolute Gasteiger partial charge is 0.253 e. The molecule has 1 aliphatic carbocycles. The predicted octanol–water partition coefficient (Wildman–Crippen LogP) is 2.78. The molecule has 2 aromatic rings. The maximum absolute atomic E-state index is 12.9. The highest BCUT2D eigenvalue weighted by molar-refractivity contribution is 5.95.